The molecule has 0 aromatic carbocycles. The minimum absolute atomic E-state index is 0.00816. The molecule has 5 heteroatoms. The number of fused-ring (bicyclic) bond motifs is 5. The van der Waals surface area contributed by atoms with Crippen molar-refractivity contribution < 1.29 is 19.1 Å². The third kappa shape index (κ3) is 4.36. The first-order valence-corrected chi connectivity index (χ1v) is 14.6. The Morgan fingerprint density at radius 2 is 1.81 bits per heavy atom. The molecule has 10 atom stereocenters. The molecule has 0 aromatic heterocycles. The summed E-state index contributed by atoms with van der Waals surface area (Å²) < 4.78 is 11.7. The molecule has 3 saturated carbocycles. The molecule has 0 unspecified atom stereocenters. The molecule has 5 aliphatic rings. The second-order valence-electron chi connectivity index (χ2n) is 13.5. The molecule has 0 bridgehead atoms. The minimum Gasteiger partial charge on any atom is -0.462 e. The zero-order valence-corrected chi connectivity index (χ0v) is 23.3. The lowest BCUT2D eigenvalue weighted by atomic mass is 9.47. The van der Waals surface area contributed by atoms with Crippen LogP contribution in [0.2, 0.25) is 0 Å². The van der Waals surface area contributed by atoms with E-state index in [-0.39, 0.29) is 35.0 Å². The van der Waals surface area contributed by atoms with Crippen molar-refractivity contribution in [2.24, 2.45) is 51.3 Å². The molecule has 0 N–H and O–H groups in total. The maximum absolute atomic E-state index is 12.2. The molecule has 200 valence electrons. The summed E-state index contributed by atoms with van der Waals surface area (Å²) in [5, 5.41) is 0. The van der Waals surface area contributed by atoms with E-state index in [1.807, 2.05) is 0 Å². The summed E-state index contributed by atoms with van der Waals surface area (Å²) >= 11 is 0. The van der Waals surface area contributed by atoms with Gasteiger partial charge in [0.1, 0.15) is 12.2 Å². The van der Waals surface area contributed by atoms with Crippen LogP contribution in [0.15, 0.2) is 16.6 Å². The fourth-order valence-electron chi connectivity index (χ4n) is 9.63. The number of ether oxygens (including phenoxy) is 2. The van der Waals surface area contributed by atoms with E-state index in [0.29, 0.717) is 35.5 Å². The van der Waals surface area contributed by atoms with Gasteiger partial charge in [-0.25, -0.2) is 0 Å². The highest BCUT2D eigenvalue weighted by Gasteiger charge is 2.63. The Morgan fingerprint density at radius 3 is 2.47 bits per heavy atom. The summed E-state index contributed by atoms with van der Waals surface area (Å²) in [6.45, 7) is 13.7. The predicted molar refractivity (Wildman–Crippen MR) is 142 cm³/mol. The van der Waals surface area contributed by atoms with Gasteiger partial charge in [0.05, 0.1) is 0 Å². The maximum atomic E-state index is 12.2. The molecule has 4 aliphatic carbocycles. The van der Waals surface area contributed by atoms with Crippen LogP contribution < -0.4 is 0 Å². The molecule has 36 heavy (non-hydrogen) atoms. The van der Waals surface area contributed by atoms with E-state index in [0.717, 1.165) is 45.1 Å². The summed E-state index contributed by atoms with van der Waals surface area (Å²) in [4.78, 5) is 28.8. The normalized spacial score (nSPS) is 44.8. The van der Waals surface area contributed by atoms with Crippen molar-refractivity contribution in [2.75, 3.05) is 6.54 Å². The van der Waals surface area contributed by atoms with Gasteiger partial charge in [-0.1, -0.05) is 39.3 Å². The lowest BCUT2D eigenvalue weighted by Gasteiger charge is -2.58. The number of rotatable bonds is 4. The summed E-state index contributed by atoms with van der Waals surface area (Å²) in [7, 11) is 0. The van der Waals surface area contributed by atoms with Crippen LogP contribution >= 0.6 is 0 Å². The Balaban J connectivity index is 1.43. The Hall–Kier alpha value is -1.65. The van der Waals surface area contributed by atoms with Crippen LogP contribution in [0.5, 0.6) is 0 Å². The van der Waals surface area contributed by atoms with E-state index in [1.165, 1.54) is 37.5 Å². The largest absolute Gasteiger partial charge is 0.462 e. The number of carbonyl (C=O) groups is 2. The van der Waals surface area contributed by atoms with E-state index >= 15 is 0 Å². The molecule has 0 saturated heterocycles. The lowest BCUT2D eigenvalue weighted by molar-refractivity contribution is -0.150. The van der Waals surface area contributed by atoms with Crippen molar-refractivity contribution >= 4 is 17.7 Å². The lowest BCUT2D eigenvalue weighted by Crippen LogP contribution is -2.51. The maximum Gasteiger partial charge on any atom is 0.302 e. The van der Waals surface area contributed by atoms with Crippen LogP contribution in [-0.2, 0) is 19.1 Å². The first-order valence-electron chi connectivity index (χ1n) is 14.6. The highest BCUT2D eigenvalue weighted by Crippen LogP contribution is 2.67. The number of carbonyl (C=O) groups excluding carboxylic acids is 2. The van der Waals surface area contributed by atoms with Crippen molar-refractivity contribution in [1.82, 2.24) is 0 Å². The molecule has 1 heterocycles. The monoisotopic (exact) mass is 497 g/mol. The topological polar surface area (TPSA) is 65.0 Å². The average molecular weight is 498 g/mol. The number of aliphatic imine (C=N–C) groups is 1. The van der Waals surface area contributed by atoms with Gasteiger partial charge in [0, 0.05) is 44.4 Å². The first-order chi connectivity index (χ1) is 17.0. The van der Waals surface area contributed by atoms with Crippen molar-refractivity contribution in [3.63, 3.8) is 0 Å². The molecular formula is C31H47NO4. The SMILES string of the molecule is CC(=O)O[C@H]1CC[C@@]2(C)C(=CC[C@H]3[C@@H]4C[C@@H](OC(C)=O)[C@H]([C@@H](C)C5=NC[C@H](C)CC5)[C@@]4(C)CC[C@@H]32)C1. The quantitative estimate of drug-likeness (QED) is 0.326. The third-order valence-corrected chi connectivity index (χ3v) is 11.4. The van der Waals surface area contributed by atoms with E-state index in [2.05, 4.69) is 33.8 Å². The van der Waals surface area contributed by atoms with Gasteiger partial charge in [-0.15, -0.1) is 0 Å². The fourth-order valence-corrected chi connectivity index (χ4v) is 9.63. The van der Waals surface area contributed by atoms with Crippen molar-refractivity contribution in [3.8, 4) is 0 Å². The predicted octanol–water partition coefficient (Wildman–Crippen LogP) is 6.55. The number of hydrogen-bond donors (Lipinski definition) is 0. The van der Waals surface area contributed by atoms with Gasteiger partial charge in [0.2, 0.25) is 0 Å². The molecule has 0 amide bonds. The minimum atomic E-state index is -0.161. The van der Waals surface area contributed by atoms with Gasteiger partial charge in [0.15, 0.2) is 0 Å². The molecule has 0 aromatic rings. The van der Waals surface area contributed by atoms with E-state index < -0.39 is 0 Å². The van der Waals surface area contributed by atoms with Crippen LogP contribution in [0, 0.1) is 46.3 Å². The summed E-state index contributed by atoms with van der Waals surface area (Å²) in [6, 6.07) is 0. The molecule has 0 spiro atoms. The second kappa shape index (κ2) is 9.58. The van der Waals surface area contributed by atoms with Crippen molar-refractivity contribution in [2.45, 2.75) is 112 Å². The van der Waals surface area contributed by atoms with Gasteiger partial charge in [-0.2, -0.15) is 0 Å². The number of allylic oxidation sites excluding steroid dienone is 1. The van der Waals surface area contributed by atoms with E-state index in [9.17, 15) is 9.59 Å². The van der Waals surface area contributed by atoms with Gasteiger partial charge in [-0.05, 0) is 85.9 Å². The standard InChI is InChI=1S/C31H47NO4/c1-18-7-10-27(32-17-18)19(2)29-28(36-21(4)34)16-26-24-9-8-22-15-23(35-20(3)33)11-13-30(22,5)25(24)12-14-31(26,29)6/h8,18-19,23-26,28-29H,7,9-17H2,1-6H3/t18-,19+,23+,24-,25+,26+,28-,29+,30+,31+/m1/s1. The van der Waals surface area contributed by atoms with Crippen molar-refractivity contribution in [3.05, 3.63) is 11.6 Å². The van der Waals surface area contributed by atoms with Crippen LogP contribution in [0.1, 0.15) is 99.3 Å². The Labute approximate surface area is 217 Å². The summed E-state index contributed by atoms with van der Waals surface area (Å²) in [5.74, 6) is 2.93. The van der Waals surface area contributed by atoms with Crippen LogP contribution in [0.3, 0.4) is 0 Å². The molecular weight excluding hydrogens is 450 g/mol. The Kier molecular flexibility index (Phi) is 6.91. The number of hydrogen-bond acceptors (Lipinski definition) is 5. The Bertz CT molecular complexity index is 954. The molecule has 3 fully saturated rings. The zero-order chi connectivity index (χ0) is 25.8. The van der Waals surface area contributed by atoms with E-state index in [1.54, 1.807) is 6.92 Å². The van der Waals surface area contributed by atoms with Gasteiger partial charge < -0.3 is 9.47 Å². The van der Waals surface area contributed by atoms with Gasteiger partial charge >= 0.3 is 11.9 Å². The van der Waals surface area contributed by atoms with Crippen molar-refractivity contribution in [1.29, 1.82) is 0 Å². The zero-order valence-electron chi connectivity index (χ0n) is 23.3. The fraction of sp³-hybridized carbons (Fsp3) is 0.839. The smallest absolute Gasteiger partial charge is 0.302 e. The average Bonchev–Trinajstić information content (AvgIpc) is 3.10. The van der Waals surface area contributed by atoms with Crippen LogP contribution in [0.25, 0.3) is 0 Å². The highest BCUT2D eigenvalue weighted by molar-refractivity contribution is 5.87. The van der Waals surface area contributed by atoms with Crippen LogP contribution in [-0.4, -0.2) is 36.4 Å². The van der Waals surface area contributed by atoms with Gasteiger partial charge in [0.25, 0.3) is 0 Å². The first kappa shape index (κ1) is 26.0. The van der Waals surface area contributed by atoms with Gasteiger partial charge in [-0.3, -0.25) is 14.6 Å². The summed E-state index contributed by atoms with van der Waals surface area (Å²) in [6.07, 6.45) is 12.3. The molecule has 0 radical (unpaired) electrons. The van der Waals surface area contributed by atoms with E-state index in [4.69, 9.17) is 14.5 Å². The second-order valence-corrected chi connectivity index (χ2v) is 13.5. The Morgan fingerprint density at radius 1 is 1.06 bits per heavy atom. The van der Waals surface area contributed by atoms with Crippen LogP contribution in [0.4, 0.5) is 0 Å². The summed E-state index contributed by atoms with van der Waals surface area (Å²) in [5.41, 5.74) is 3.25. The highest BCUT2D eigenvalue weighted by atomic mass is 16.5. The molecule has 5 nitrogen and oxygen atoms in total. The number of nitrogens with zero attached hydrogens (tertiary/aromatic N) is 1. The number of esters is 2. The molecule has 1 aliphatic heterocycles. The third-order valence-electron chi connectivity index (χ3n) is 11.4. The molecule has 5 rings (SSSR count).